The molecule has 2 aromatic rings. The molecule has 28 heavy (non-hydrogen) atoms. The Morgan fingerprint density at radius 1 is 1.14 bits per heavy atom. The molecule has 0 atom stereocenters. The van der Waals surface area contributed by atoms with Gasteiger partial charge in [-0.05, 0) is 37.6 Å². The SMILES string of the molecule is COCCn1c(C)cc(C(=O)COC(=O)c2ccc(C3SCCS3)cc2)c1C. The molecule has 0 saturated carbocycles. The fraction of sp³-hybridized carbons (Fsp3) is 0.429. The molecule has 1 aromatic heterocycles. The van der Waals surface area contributed by atoms with Gasteiger partial charge in [0.15, 0.2) is 6.61 Å². The molecule has 1 saturated heterocycles. The molecule has 2 heterocycles. The fourth-order valence-electron chi connectivity index (χ4n) is 3.23. The Hall–Kier alpha value is -1.70. The van der Waals surface area contributed by atoms with Crippen LogP contribution in [0.2, 0.25) is 0 Å². The summed E-state index contributed by atoms with van der Waals surface area (Å²) in [5.41, 5.74) is 4.12. The number of carbonyl (C=O) groups is 2. The van der Waals surface area contributed by atoms with Gasteiger partial charge in [0.1, 0.15) is 0 Å². The maximum absolute atomic E-state index is 12.5. The van der Waals surface area contributed by atoms with Crippen LogP contribution in [0.25, 0.3) is 0 Å². The van der Waals surface area contributed by atoms with E-state index in [0.29, 0.717) is 28.9 Å². The van der Waals surface area contributed by atoms with Crippen LogP contribution in [0.5, 0.6) is 0 Å². The Morgan fingerprint density at radius 3 is 2.46 bits per heavy atom. The van der Waals surface area contributed by atoms with Crippen LogP contribution in [0.1, 0.15) is 42.2 Å². The lowest BCUT2D eigenvalue weighted by molar-refractivity contribution is 0.0474. The van der Waals surface area contributed by atoms with Gasteiger partial charge in [-0.3, -0.25) is 4.79 Å². The van der Waals surface area contributed by atoms with Gasteiger partial charge >= 0.3 is 5.97 Å². The number of thioether (sulfide) groups is 2. The number of Topliss-reactive ketones (excluding diaryl/α,β-unsaturated/α-hetero) is 1. The molecule has 0 aliphatic carbocycles. The Kier molecular flexibility index (Phi) is 7.26. The van der Waals surface area contributed by atoms with Crippen LogP contribution >= 0.6 is 23.5 Å². The van der Waals surface area contributed by atoms with Crippen molar-refractivity contribution in [3.63, 3.8) is 0 Å². The normalized spacial score (nSPS) is 14.4. The summed E-state index contributed by atoms with van der Waals surface area (Å²) in [5, 5.41) is 0. The number of aryl methyl sites for hydroxylation is 1. The molecule has 0 amide bonds. The number of benzene rings is 1. The number of ketones is 1. The summed E-state index contributed by atoms with van der Waals surface area (Å²) in [6.07, 6.45) is 0. The van der Waals surface area contributed by atoms with E-state index in [1.165, 1.54) is 5.56 Å². The van der Waals surface area contributed by atoms with Gasteiger partial charge in [-0.2, -0.15) is 0 Å². The van der Waals surface area contributed by atoms with Crippen LogP contribution in [0.15, 0.2) is 30.3 Å². The zero-order chi connectivity index (χ0) is 20.1. The largest absolute Gasteiger partial charge is 0.454 e. The van der Waals surface area contributed by atoms with Crippen LogP contribution in [-0.4, -0.2) is 48.1 Å². The average molecular weight is 420 g/mol. The molecule has 0 radical (unpaired) electrons. The number of carbonyl (C=O) groups excluding carboxylic acids is 2. The molecule has 1 fully saturated rings. The highest BCUT2D eigenvalue weighted by molar-refractivity contribution is 8.19. The van der Waals surface area contributed by atoms with Gasteiger partial charge < -0.3 is 14.0 Å². The minimum atomic E-state index is -0.472. The first-order valence-corrected chi connectivity index (χ1v) is 11.3. The maximum atomic E-state index is 12.5. The van der Waals surface area contributed by atoms with Gasteiger partial charge in [0, 0.05) is 42.1 Å². The van der Waals surface area contributed by atoms with E-state index >= 15 is 0 Å². The number of aromatic nitrogens is 1. The summed E-state index contributed by atoms with van der Waals surface area (Å²) in [6, 6.07) is 9.33. The van der Waals surface area contributed by atoms with Crippen LogP contribution < -0.4 is 0 Å². The molecular weight excluding hydrogens is 394 g/mol. The van der Waals surface area contributed by atoms with Crippen molar-refractivity contribution in [1.29, 1.82) is 0 Å². The Labute approximate surface area is 174 Å². The van der Waals surface area contributed by atoms with E-state index in [1.54, 1.807) is 19.2 Å². The highest BCUT2D eigenvalue weighted by Crippen LogP contribution is 2.45. The van der Waals surface area contributed by atoms with E-state index in [4.69, 9.17) is 9.47 Å². The zero-order valence-electron chi connectivity index (χ0n) is 16.4. The van der Waals surface area contributed by atoms with Crippen LogP contribution in [0, 0.1) is 13.8 Å². The van der Waals surface area contributed by atoms with Crippen molar-refractivity contribution in [3.05, 3.63) is 58.4 Å². The molecule has 0 spiro atoms. The molecule has 1 aromatic carbocycles. The zero-order valence-corrected chi connectivity index (χ0v) is 18.0. The standard InChI is InChI=1S/C21H25NO4S2/c1-14-12-18(15(2)22(14)8-9-25-3)19(23)13-26-20(24)16-4-6-17(7-5-16)21-27-10-11-28-21/h4-7,12,21H,8-11,13H2,1-3H3. The number of rotatable bonds is 8. The van der Waals surface area contributed by atoms with Crippen LogP contribution in [0.3, 0.4) is 0 Å². The molecule has 1 aliphatic heterocycles. The van der Waals surface area contributed by atoms with E-state index in [0.717, 1.165) is 22.9 Å². The minimum absolute atomic E-state index is 0.194. The summed E-state index contributed by atoms with van der Waals surface area (Å²) in [4.78, 5) is 24.8. The third kappa shape index (κ3) is 4.82. The second-order valence-corrected chi connectivity index (χ2v) is 9.35. The highest BCUT2D eigenvalue weighted by Gasteiger charge is 2.20. The average Bonchev–Trinajstić information content (AvgIpc) is 3.33. The van der Waals surface area contributed by atoms with E-state index < -0.39 is 5.97 Å². The lowest BCUT2D eigenvalue weighted by Crippen LogP contribution is -2.15. The second kappa shape index (κ2) is 9.67. The number of methoxy groups -OCH3 is 1. The van der Waals surface area contributed by atoms with Crippen molar-refractivity contribution >= 4 is 35.3 Å². The number of hydrogen-bond donors (Lipinski definition) is 0. The van der Waals surface area contributed by atoms with Crippen molar-refractivity contribution in [3.8, 4) is 0 Å². The molecule has 0 N–H and O–H groups in total. The van der Waals surface area contributed by atoms with E-state index in [-0.39, 0.29) is 12.4 Å². The van der Waals surface area contributed by atoms with Gasteiger partial charge in [0.05, 0.1) is 16.8 Å². The first-order chi connectivity index (χ1) is 13.5. The third-order valence-corrected chi connectivity index (χ3v) is 7.87. The molecule has 150 valence electrons. The quantitative estimate of drug-likeness (QED) is 0.470. The van der Waals surface area contributed by atoms with E-state index in [9.17, 15) is 9.59 Å². The van der Waals surface area contributed by atoms with Gasteiger partial charge in [-0.25, -0.2) is 4.79 Å². The first kappa shape index (κ1) is 21.0. The van der Waals surface area contributed by atoms with Gasteiger partial charge in [0.25, 0.3) is 0 Å². The lowest BCUT2D eigenvalue weighted by Gasteiger charge is -2.10. The van der Waals surface area contributed by atoms with Crippen LogP contribution in [0.4, 0.5) is 0 Å². The smallest absolute Gasteiger partial charge is 0.338 e. The minimum Gasteiger partial charge on any atom is -0.454 e. The molecule has 1 aliphatic rings. The second-order valence-electron chi connectivity index (χ2n) is 6.62. The summed E-state index contributed by atoms with van der Waals surface area (Å²) in [7, 11) is 1.65. The summed E-state index contributed by atoms with van der Waals surface area (Å²) in [6.45, 7) is 4.85. The predicted molar refractivity (Wildman–Crippen MR) is 114 cm³/mol. The highest BCUT2D eigenvalue weighted by atomic mass is 32.2. The number of hydrogen-bond acceptors (Lipinski definition) is 6. The number of esters is 1. The molecule has 0 bridgehead atoms. The van der Waals surface area contributed by atoms with Crippen molar-refractivity contribution in [2.75, 3.05) is 31.8 Å². The predicted octanol–water partition coefficient (Wildman–Crippen LogP) is 4.27. The summed E-state index contributed by atoms with van der Waals surface area (Å²) < 4.78 is 12.9. The van der Waals surface area contributed by atoms with E-state index in [1.807, 2.05) is 60.1 Å². The number of ether oxygens (including phenoxy) is 2. The number of nitrogens with zero attached hydrogens (tertiary/aromatic N) is 1. The van der Waals surface area contributed by atoms with Crippen molar-refractivity contribution in [2.24, 2.45) is 0 Å². The topological polar surface area (TPSA) is 57.5 Å². The molecule has 3 rings (SSSR count). The van der Waals surface area contributed by atoms with Gasteiger partial charge in [0.2, 0.25) is 5.78 Å². The molecule has 5 nitrogen and oxygen atoms in total. The van der Waals surface area contributed by atoms with Gasteiger partial charge in [-0.15, -0.1) is 23.5 Å². The Morgan fingerprint density at radius 2 is 1.82 bits per heavy atom. The molecular formula is C21H25NO4S2. The lowest BCUT2D eigenvalue weighted by atomic mass is 10.1. The van der Waals surface area contributed by atoms with Crippen molar-refractivity contribution < 1.29 is 19.1 Å². The fourth-order valence-corrected chi connectivity index (χ4v) is 6.09. The Balaban J connectivity index is 1.59. The van der Waals surface area contributed by atoms with Gasteiger partial charge in [-0.1, -0.05) is 12.1 Å². The third-order valence-electron chi connectivity index (χ3n) is 4.77. The first-order valence-electron chi connectivity index (χ1n) is 9.20. The maximum Gasteiger partial charge on any atom is 0.338 e. The monoisotopic (exact) mass is 419 g/mol. The molecule has 7 heteroatoms. The molecule has 0 unspecified atom stereocenters. The van der Waals surface area contributed by atoms with Crippen molar-refractivity contribution in [1.82, 2.24) is 4.57 Å². The van der Waals surface area contributed by atoms with Crippen LogP contribution in [-0.2, 0) is 16.0 Å². The van der Waals surface area contributed by atoms with Crippen molar-refractivity contribution in [2.45, 2.75) is 25.0 Å². The summed E-state index contributed by atoms with van der Waals surface area (Å²) >= 11 is 3.85. The van der Waals surface area contributed by atoms with E-state index in [2.05, 4.69) is 0 Å². The summed E-state index contributed by atoms with van der Waals surface area (Å²) in [5.74, 6) is 1.65. The Bertz CT molecular complexity index is 839.